The molecule has 0 aliphatic carbocycles. The summed E-state index contributed by atoms with van der Waals surface area (Å²) in [5.74, 6) is 0.662. The molecule has 9 heteroatoms. The minimum atomic E-state index is -3.45. The quantitative estimate of drug-likeness (QED) is 0.778. The lowest BCUT2D eigenvalue weighted by Crippen LogP contribution is -2.61. The highest BCUT2D eigenvalue weighted by Gasteiger charge is 2.47. The molecule has 146 valence electrons. The number of methoxy groups -OCH3 is 1. The van der Waals surface area contributed by atoms with Gasteiger partial charge < -0.3 is 9.84 Å². The van der Waals surface area contributed by atoms with Gasteiger partial charge in [-0.05, 0) is 18.9 Å². The van der Waals surface area contributed by atoms with Crippen molar-refractivity contribution in [1.82, 2.24) is 18.5 Å². The number of hydrogen-bond acceptors (Lipinski definition) is 6. The second-order valence-corrected chi connectivity index (χ2v) is 9.51. The number of likely N-dealkylation sites (tertiary alicyclic amines) is 1. The smallest absolute Gasteiger partial charge is 0.281 e. The lowest BCUT2D eigenvalue weighted by Gasteiger charge is -2.50. The number of fused-ring (bicyclic) bond motifs is 1. The molecule has 0 spiro atoms. The molecule has 3 heterocycles. The number of ether oxygens (including phenoxy) is 1. The Balaban J connectivity index is 1.70. The first kappa shape index (κ1) is 19.5. The lowest BCUT2D eigenvalue weighted by molar-refractivity contribution is -0.103. The molecule has 2 aliphatic rings. The minimum Gasteiger partial charge on any atom is -0.497 e. The van der Waals surface area contributed by atoms with Crippen LogP contribution in [0.2, 0.25) is 0 Å². The normalized spacial score (nSPS) is 28.1. The van der Waals surface area contributed by atoms with Gasteiger partial charge in [-0.3, -0.25) is 9.88 Å². The summed E-state index contributed by atoms with van der Waals surface area (Å²) in [5.41, 5.74) is 0.125. The van der Waals surface area contributed by atoms with E-state index in [1.54, 1.807) is 13.3 Å². The van der Waals surface area contributed by atoms with Crippen molar-refractivity contribution < 1.29 is 18.3 Å². The van der Waals surface area contributed by atoms with Gasteiger partial charge in [0.2, 0.25) is 0 Å². The molecular weight excluding hydrogens is 356 g/mol. The second kappa shape index (κ2) is 7.40. The van der Waals surface area contributed by atoms with Crippen molar-refractivity contribution in [3.63, 3.8) is 0 Å². The Labute approximate surface area is 155 Å². The maximum absolute atomic E-state index is 12.4. The maximum Gasteiger partial charge on any atom is 0.281 e. The standard InChI is InChI=1S/C17H28N4O4S/c1-19(2)26(23,24)21-9-6-17(22)5-8-20(11-14(17)12-21)13-15-10-16(25-3)4-7-18-15/h4,7,10,14,22H,5-6,8-9,11-13H2,1-3H3/t14-,17-/m1/s1. The van der Waals surface area contributed by atoms with Crippen LogP contribution in [0.3, 0.4) is 0 Å². The molecule has 0 aromatic carbocycles. The third-order valence-corrected chi connectivity index (χ3v) is 7.42. The maximum atomic E-state index is 12.4. The molecule has 0 unspecified atom stereocenters. The molecule has 0 amide bonds. The van der Waals surface area contributed by atoms with Crippen LogP contribution in [0.25, 0.3) is 0 Å². The second-order valence-electron chi connectivity index (χ2n) is 7.37. The molecule has 0 bridgehead atoms. The zero-order valence-electron chi connectivity index (χ0n) is 15.6. The van der Waals surface area contributed by atoms with Crippen LogP contribution in [0, 0.1) is 5.92 Å². The monoisotopic (exact) mass is 384 g/mol. The van der Waals surface area contributed by atoms with E-state index >= 15 is 0 Å². The van der Waals surface area contributed by atoms with Gasteiger partial charge in [-0.1, -0.05) is 0 Å². The van der Waals surface area contributed by atoms with Crippen molar-refractivity contribution in [1.29, 1.82) is 0 Å². The van der Waals surface area contributed by atoms with Crippen molar-refractivity contribution >= 4 is 10.2 Å². The zero-order chi connectivity index (χ0) is 18.9. The fraction of sp³-hybridized carbons (Fsp3) is 0.706. The topological polar surface area (TPSA) is 86.2 Å². The van der Waals surface area contributed by atoms with E-state index in [9.17, 15) is 13.5 Å². The summed E-state index contributed by atoms with van der Waals surface area (Å²) in [6.07, 6.45) is 2.86. The van der Waals surface area contributed by atoms with Gasteiger partial charge in [0, 0.05) is 65.0 Å². The number of piperidine rings is 2. The highest BCUT2D eigenvalue weighted by atomic mass is 32.2. The molecule has 26 heavy (non-hydrogen) atoms. The average Bonchev–Trinajstić information content (AvgIpc) is 2.61. The van der Waals surface area contributed by atoms with E-state index in [2.05, 4.69) is 9.88 Å². The molecule has 0 radical (unpaired) electrons. The van der Waals surface area contributed by atoms with Gasteiger partial charge in [-0.15, -0.1) is 0 Å². The van der Waals surface area contributed by atoms with Gasteiger partial charge in [-0.25, -0.2) is 0 Å². The molecule has 2 atom stereocenters. The van der Waals surface area contributed by atoms with Gasteiger partial charge in [0.1, 0.15) is 5.75 Å². The van der Waals surface area contributed by atoms with Gasteiger partial charge in [0.15, 0.2) is 0 Å². The van der Waals surface area contributed by atoms with Crippen LogP contribution in [-0.2, 0) is 16.8 Å². The van der Waals surface area contributed by atoms with Crippen LogP contribution in [0.15, 0.2) is 18.3 Å². The van der Waals surface area contributed by atoms with E-state index in [1.807, 2.05) is 12.1 Å². The number of aliphatic hydroxyl groups is 1. The first-order valence-electron chi connectivity index (χ1n) is 8.86. The van der Waals surface area contributed by atoms with E-state index in [4.69, 9.17) is 4.74 Å². The summed E-state index contributed by atoms with van der Waals surface area (Å²) < 4.78 is 32.8. The Kier molecular flexibility index (Phi) is 5.55. The summed E-state index contributed by atoms with van der Waals surface area (Å²) in [7, 11) is 1.25. The van der Waals surface area contributed by atoms with Crippen molar-refractivity contribution in [3.05, 3.63) is 24.0 Å². The Bertz CT molecular complexity index is 742. The van der Waals surface area contributed by atoms with E-state index < -0.39 is 15.8 Å². The molecule has 2 aliphatic heterocycles. The molecule has 0 saturated carbocycles. The summed E-state index contributed by atoms with van der Waals surface area (Å²) >= 11 is 0. The van der Waals surface area contributed by atoms with E-state index in [0.29, 0.717) is 39.0 Å². The highest BCUT2D eigenvalue weighted by Crippen LogP contribution is 2.36. The number of hydrogen-bond donors (Lipinski definition) is 1. The van der Waals surface area contributed by atoms with Crippen LogP contribution in [0.4, 0.5) is 0 Å². The van der Waals surface area contributed by atoms with E-state index in [0.717, 1.165) is 18.0 Å². The van der Waals surface area contributed by atoms with Gasteiger partial charge >= 0.3 is 0 Å². The third kappa shape index (κ3) is 3.86. The number of nitrogens with zero attached hydrogens (tertiary/aromatic N) is 4. The minimum absolute atomic E-state index is 0.106. The van der Waals surface area contributed by atoms with Gasteiger partial charge in [0.05, 0.1) is 18.4 Å². The fourth-order valence-corrected chi connectivity index (χ4v) is 4.98. The van der Waals surface area contributed by atoms with Crippen molar-refractivity contribution in [3.8, 4) is 5.75 Å². The first-order valence-corrected chi connectivity index (χ1v) is 10.3. The molecule has 2 fully saturated rings. The van der Waals surface area contributed by atoms with Gasteiger partial charge in [-0.2, -0.15) is 17.0 Å². The van der Waals surface area contributed by atoms with Crippen LogP contribution >= 0.6 is 0 Å². The largest absolute Gasteiger partial charge is 0.497 e. The van der Waals surface area contributed by atoms with Crippen molar-refractivity contribution in [2.45, 2.75) is 25.0 Å². The lowest BCUT2D eigenvalue weighted by atomic mass is 9.76. The summed E-state index contributed by atoms with van der Waals surface area (Å²) in [5, 5.41) is 11.0. The van der Waals surface area contributed by atoms with Crippen molar-refractivity contribution in [2.75, 3.05) is 47.4 Å². The van der Waals surface area contributed by atoms with Crippen LogP contribution in [-0.4, -0.2) is 85.0 Å². The molecule has 3 rings (SSSR count). The molecule has 2 saturated heterocycles. The number of pyridine rings is 1. The molecule has 1 N–H and O–H groups in total. The number of rotatable bonds is 5. The molecular formula is C17H28N4O4S. The fourth-order valence-electron chi connectivity index (χ4n) is 3.82. The van der Waals surface area contributed by atoms with E-state index in [-0.39, 0.29) is 5.92 Å². The van der Waals surface area contributed by atoms with Crippen molar-refractivity contribution in [2.24, 2.45) is 5.92 Å². The predicted molar refractivity (Wildman–Crippen MR) is 97.9 cm³/mol. The first-order chi connectivity index (χ1) is 12.2. The Morgan fingerprint density at radius 3 is 2.77 bits per heavy atom. The molecule has 1 aromatic rings. The Morgan fingerprint density at radius 2 is 2.08 bits per heavy atom. The molecule has 1 aromatic heterocycles. The van der Waals surface area contributed by atoms with Crippen LogP contribution in [0.1, 0.15) is 18.5 Å². The SMILES string of the molecule is COc1ccnc(CN2CC[C@@]3(O)CCN(S(=O)(=O)N(C)C)C[C@H]3C2)c1. The average molecular weight is 385 g/mol. The Morgan fingerprint density at radius 1 is 1.35 bits per heavy atom. The van der Waals surface area contributed by atoms with Gasteiger partial charge in [0.25, 0.3) is 10.2 Å². The predicted octanol–water partition coefficient (Wildman–Crippen LogP) is 0.155. The van der Waals surface area contributed by atoms with Crippen LogP contribution in [0.5, 0.6) is 5.75 Å². The highest BCUT2D eigenvalue weighted by molar-refractivity contribution is 7.86. The summed E-state index contributed by atoms with van der Waals surface area (Å²) in [4.78, 5) is 6.61. The number of aromatic nitrogens is 1. The summed E-state index contributed by atoms with van der Waals surface area (Å²) in [6, 6.07) is 3.72. The van der Waals surface area contributed by atoms with E-state index in [1.165, 1.54) is 22.7 Å². The zero-order valence-corrected chi connectivity index (χ0v) is 16.4. The van der Waals surface area contributed by atoms with Crippen LogP contribution < -0.4 is 4.74 Å². The summed E-state index contributed by atoms with van der Waals surface area (Å²) in [6.45, 7) is 2.79. The third-order valence-electron chi connectivity index (χ3n) is 5.51. The molecule has 8 nitrogen and oxygen atoms in total. The Hall–Kier alpha value is -1.26.